The van der Waals surface area contributed by atoms with E-state index in [1.54, 1.807) is 0 Å². The Morgan fingerprint density at radius 2 is 1.88 bits per heavy atom. The van der Waals surface area contributed by atoms with Crippen molar-refractivity contribution in [2.24, 2.45) is 10.9 Å². The van der Waals surface area contributed by atoms with E-state index in [1.807, 2.05) is 0 Å². The summed E-state index contributed by atoms with van der Waals surface area (Å²) >= 11 is 0. The lowest BCUT2D eigenvalue weighted by molar-refractivity contribution is 0.0220. The van der Waals surface area contributed by atoms with Gasteiger partial charge in [-0.15, -0.1) is 0 Å². The van der Waals surface area contributed by atoms with Crippen LogP contribution in [0.2, 0.25) is 0 Å². The van der Waals surface area contributed by atoms with Crippen LogP contribution in [-0.2, 0) is 4.74 Å². The van der Waals surface area contributed by atoms with Crippen molar-refractivity contribution in [3.05, 3.63) is 0 Å². The number of hydrogen-bond donors (Lipinski definition) is 2. The molecule has 0 aliphatic carbocycles. The van der Waals surface area contributed by atoms with Gasteiger partial charge in [0.05, 0.1) is 19.8 Å². The van der Waals surface area contributed by atoms with Gasteiger partial charge < -0.3 is 15.4 Å². The molecule has 2 aliphatic rings. The fourth-order valence-corrected chi connectivity index (χ4v) is 3.47. The molecule has 140 valence electrons. The Labute approximate surface area is 148 Å². The van der Waals surface area contributed by atoms with E-state index in [0.29, 0.717) is 24.0 Å². The van der Waals surface area contributed by atoms with Crippen LogP contribution >= 0.6 is 0 Å². The molecule has 2 saturated heterocycles. The van der Waals surface area contributed by atoms with E-state index < -0.39 is 0 Å². The maximum atomic E-state index is 5.44. The lowest BCUT2D eigenvalue weighted by Crippen LogP contribution is -2.48. The zero-order valence-corrected chi connectivity index (χ0v) is 16.2. The molecule has 6 nitrogen and oxygen atoms in total. The summed E-state index contributed by atoms with van der Waals surface area (Å²) in [5, 5.41) is 7.07. The largest absolute Gasteiger partial charge is 0.379 e. The zero-order chi connectivity index (χ0) is 17.5. The number of aliphatic imine (C=N–C) groups is 1. The lowest BCUT2D eigenvalue weighted by atomic mass is 10.1. The SMILES string of the molecule is CCNC(=NCC(C)N1CCOCC1)NC1CN(C(C)C)CC1C. The van der Waals surface area contributed by atoms with Crippen LogP contribution in [0.25, 0.3) is 0 Å². The van der Waals surface area contributed by atoms with Crippen molar-refractivity contribution in [3.8, 4) is 0 Å². The third-order valence-electron chi connectivity index (χ3n) is 5.22. The molecule has 3 unspecified atom stereocenters. The van der Waals surface area contributed by atoms with E-state index in [-0.39, 0.29) is 0 Å². The molecule has 6 heteroatoms. The molecule has 0 bridgehead atoms. The van der Waals surface area contributed by atoms with Crippen molar-refractivity contribution in [2.75, 3.05) is 52.5 Å². The molecule has 0 amide bonds. The van der Waals surface area contributed by atoms with Gasteiger partial charge >= 0.3 is 0 Å². The zero-order valence-electron chi connectivity index (χ0n) is 16.2. The van der Waals surface area contributed by atoms with Gasteiger partial charge in [0, 0.05) is 50.8 Å². The quantitative estimate of drug-likeness (QED) is 0.558. The van der Waals surface area contributed by atoms with Crippen LogP contribution in [0.3, 0.4) is 0 Å². The summed E-state index contributed by atoms with van der Waals surface area (Å²) in [5.41, 5.74) is 0. The molecule has 2 fully saturated rings. The highest BCUT2D eigenvalue weighted by atomic mass is 16.5. The van der Waals surface area contributed by atoms with Gasteiger partial charge in [-0.05, 0) is 33.6 Å². The first kappa shape index (κ1) is 19.5. The molecule has 2 heterocycles. The van der Waals surface area contributed by atoms with E-state index in [2.05, 4.69) is 55.1 Å². The van der Waals surface area contributed by atoms with Gasteiger partial charge in [0.2, 0.25) is 0 Å². The monoisotopic (exact) mass is 339 g/mol. The molecule has 2 rings (SSSR count). The smallest absolute Gasteiger partial charge is 0.191 e. The van der Waals surface area contributed by atoms with Crippen LogP contribution in [0.5, 0.6) is 0 Å². The Kier molecular flexibility index (Phi) is 7.78. The van der Waals surface area contributed by atoms with E-state index in [0.717, 1.165) is 51.9 Å². The Hall–Kier alpha value is -0.850. The van der Waals surface area contributed by atoms with Gasteiger partial charge in [-0.25, -0.2) is 0 Å². The summed E-state index contributed by atoms with van der Waals surface area (Å²) in [6.45, 7) is 19.0. The predicted molar refractivity (Wildman–Crippen MR) is 101 cm³/mol. The Morgan fingerprint density at radius 1 is 1.17 bits per heavy atom. The molecule has 2 N–H and O–H groups in total. The van der Waals surface area contributed by atoms with E-state index in [1.165, 1.54) is 6.54 Å². The van der Waals surface area contributed by atoms with Crippen LogP contribution in [0.1, 0.15) is 34.6 Å². The van der Waals surface area contributed by atoms with Crippen molar-refractivity contribution < 1.29 is 4.74 Å². The van der Waals surface area contributed by atoms with Crippen LogP contribution in [0.4, 0.5) is 0 Å². The normalized spacial score (nSPS) is 28.3. The molecular weight excluding hydrogens is 302 g/mol. The topological polar surface area (TPSA) is 52.1 Å². The fraction of sp³-hybridized carbons (Fsp3) is 0.944. The molecule has 24 heavy (non-hydrogen) atoms. The first-order valence-electron chi connectivity index (χ1n) is 9.62. The van der Waals surface area contributed by atoms with Gasteiger partial charge in [-0.2, -0.15) is 0 Å². The molecule has 0 aromatic carbocycles. The Bertz CT molecular complexity index is 395. The second-order valence-electron chi connectivity index (χ2n) is 7.49. The highest BCUT2D eigenvalue weighted by Gasteiger charge is 2.31. The number of nitrogens with one attached hydrogen (secondary N) is 2. The molecule has 3 atom stereocenters. The van der Waals surface area contributed by atoms with Gasteiger partial charge in [0.1, 0.15) is 0 Å². The summed E-state index contributed by atoms with van der Waals surface area (Å²) in [6, 6.07) is 1.54. The highest BCUT2D eigenvalue weighted by molar-refractivity contribution is 5.80. The Morgan fingerprint density at radius 3 is 2.46 bits per heavy atom. The van der Waals surface area contributed by atoms with Crippen molar-refractivity contribution in [1.29, 1.82) is 0 Å². The summed E-state index contributed by atoms with van der Waals surface area (Å²) in [6.07, 6.45) is 0. The first-order valence-corrected chi connectivity index (χ1v) is 9.62. The molecule has 0 spiro atoms. The van der Waals surface area contributed by atoms with Gasteiger partial charge in [-0.1, -0.05) is 6.92 Å². The molecule has 0 aromatic heterocycles. The van der Waals surface area contributed by atoms with Crippen molar-refractivity contribution in [2.45, 2.75) is 52.7 Å². The maximum absolute atomic E-state index is 5.44. The summed E-state index contributed by atoms with van der Waals surface area (Å²) in [7, 11) is 0. The first-order chi connectivity index (χ1) is 11.5. The minimum atomic E-state index is 0.456. The lowest BCUT2D eigenvalue weighted by Gasteiger charge is -2.31. The van der Waals surface area contributed by atoms with Crippen LogP contribution in [-0.4, -0.2) is 86.4 Å². The highest BCUT2D eigenvalue weighted by Crippen LogP contribution is 2.18. The van der Waals surface area contributed by atoms with E-state index in [4.69, 9.17) is 9.73 Å². The molecular formula is C18H37N5O. The number of guanidine groups is 1. The van der Waals surface area contributed by atoms with Crippen LogP contribution in [0, 0.1) is 5.92 Å². The standard InChI is InChI=1S/C18H37N5O/c1-6-19-18(20-11-16(5)22-7-9-24-10-8-22)21-17-13-23(14(2)3)12-15(17)4/h14-17H,6-13H2,1-5H3,(H2,19,20,21). The van der Waals surface area contributed by atoms with Crippen LogP contribution in [0.15, 0.2) is 4.99 Å². The second kappa shape index (κ2) is 9.59. The summed E-state index contributed by atoms with van der Waals surface area (Å²) in [5.74, 6) is 1.60. The third-order valence-corrected chi connectivity index (χ3v) is 5.22. The average Bonchev–Trinajstić information content (AvgIpc) is 2.94. The van der Waals surface area contributed by atoms with Crippen LogP contribution < -0.4 is 10.6 Å². The Balaban J connectivity index is 1.88. The van der Waals surface area contributed by atoms with Gasteiger partial charge in [-0.3, -0.25) is 14.8 Å². The number of rotatable bonds is 6. The molecule has 0 aromatic rings. The van der Waals surface area contributed by atoms with E-state index in [9.17, 15) is 0 Å². The third kappa shape index (κ3) is 5.60. The van der Waals surface area contributed by atoms with Crippen molar-refractivity contribution >= 4 is 5.96 Å². The number of morpholine rings is 1. The predicted octanol–water partition coefficient (Wildman–Crippen LogP) is 0.991. The van der Waals surface area contributed by atoms with E-state index >= 15 is 0 Å². The van der Waals surface area contributed by atoms with Crippen molar-refractivity contribution in [3.63, 3.8) is 0 Å². The molecule has 0 saturated carbocycles. The minimum absolute atomic E-state index is 0.456. The number of ether oxygens (including phenoxy) is 1. The molecule has 2 aliphatic heterocycles. The minimum Gasteiger partial charge on any atom is -0.379 e. The number of hydrogen-bond acceptors (Lipinski definition) is 4. The number of likely N-dealkylation sites (tertiary alicyclic amines) is 1. The van der Waals surface area contributed by atoms with Gasteiger partial charge in [0.25, 0.3) is 0 Å². The van der Waals surface area contributed by atoms with Gasteiger partial charge in [0.15, 0.2) is 5.96 Å². The second-order valence-corrected chi connectivity index (χ2v) is 7.49. The average molecular weight is 340 g/mol. The molecule has 0 radical (unpaired) electrons. The summed E-state index contributed by atoms with van der Waals surface area (Å²) < 4.78 is 5.44. The number of nitrogens with zero attached hydrogens (tertiary/aromatic N) is 3. The van der Waals surface area contributed by atoms with Crippen molar-refractivity contribution in [1.82, 2.24) is 20.4 Å². The fourth-order valence-electron chi connectivity index (χ4n) is 3.47. The maximum Gasteiger partial charge on any atom is 0.191 e. The summed E-state index contributed by atoms with van der Waals surface area (Å²) in [4.78, 5) is 9.86.